The molecule has 1 atom stereocenters. The van der Waals surface area contributed by atoms with Crippen LogP contribution in [0.1, 0.15) is 26.3 Å². The van der Waals surface area contributed by atoms with Crippen molar-refractivity contribution in [2.45, 2.75) is 39.2 Å². The number of aliphatic hydroxyl groups excluding tert-OH is 1. The molecule has 1 aromatic rings. The van der Waals surface area contributed by atoms with Crippen LogP contribution in [0.2, 0.25) is 0 Å². The number of carbonyl (C=O) groups excluding carboxylic acids is 1. The summed E-state index contributed by atoms with van der Waals surface area (Å²) in [5.74, 6) is 0. The Bertz CT molecular complexity index is 673. The van der Waals surface area contributed by atoms with Crippen molar-refractivity contribution in [1.29, 1.82) is 0 Å². The van der Waals surface area contributed by atoms with Gasteiger partial charge in [0.15, 0.2) is 6.23 Å². The van der Waals surface area contributed by atoms with Gasteiger partial charge in [-0.2, -0.15) is 0 Å². The van der Waals surface area contributed by atoms with E-state index in [9.17, 15) is 20.0 Å². The summed E-state index contributed by atoms with van der Waals surface area (Å²) in [6.07, 6.45) is -0.976. The topological polar surface area (TPSA) is 105 Å². The van der Waals surface area contributed by atoms with Crippen molar-refractivity contribution >= 4 is 17.5 Å². The van der Waals surface area contributed by atoms with Crippen LogP contribution in [0.25, 0.3) is 0 Å². The minimum absolute atomic E-state index is 0.0755. The van der Waals surface area contributed by atoms with Crippen molar-refractivity contribution in [1.82, 2.24) is 4.90 Å². The Balaban J connectivity index is 2.18. The number of carbonyl (C=O) groups is 1. The van der Waals surface area contributed by atoms with E-state index in [1.165, 1.54) is 24.1 Å². The van der Waals surface area contributed by atoms with Crippen molar-refractivity contribution in [2.75, 3.05) is 31.6 Å². The van der Waals surface area contributed by atoms with Gasteiger partial charge < -0.3 is 19.5 Å². The Labute approximate surface area is 152 Å². The average molecular weight is 367 g/mol. The van der Waals surface area contributed by atoms with Crippen molar-refractivity contribution in [3.05, 3.63) is 33.9 Å². The third-order valence-electron chi connectivity index (χ3n) is 4.02. The number of ether oxygens (including phenoxy) is 2. The Morgan fingerprint density at radius 1 is 1.38 bits per heavy atom. The maximum Gasteiger partial charge on any atom is 0.412 e. The van der Waals surface area contributed by atoms with E-state index in [4.69, 9.17) is 9.47 Å². The number of aliphatic hydroxyl groups is 1. The molecule has 0 spiro atoms. The number of benzene rings is 1. The number of nitrogens with zero attached hydrogens (tertiary/aromatic N) is 3. The molecule has 1 unspecified atom stereocenters. The zero-order valence-electron chi connectivity index (χ0n) is 15.5. The summed E-state index contributed by atoms with van der Waals surface area (Å²) in [6.45, 7) is 6.30. The zero-order valence-corrected chi connectivity index (χ0v) is 15.5. The molecule has 1 fully saturated rings. The van der Waals surface area contributed by atoms with Gasteiger partial charge in [-0.3, -0.25) is 15.0 Å². The van der Waals surface area contributed by atoms with E-state index in [1.807, 2.05) is 4.90 Å². The molecule has 0 aliphatic carbocycles. The maximum absolute atomic E-state index is 12.4. The third-order valence-corrected chi connectivity index (χ3v) is 4.02. The Morgan fingerprint density at radius 3 is 2.62 bits per heavy atom. The van der Waals surface area contributed by atoms with Crippen molar-refractivity contribution in [3.63, 3.8) is 0 Å². The van der Waals surface area contributed by atoms with E-state index in [0.29, 0.717) is 30.9 Å². The van der Waals surface area contributed by atoms with Gasteiger partial charge in [-0.25, -0.2) is 4.79 Å². The average Bonchev–Trinajstić information content (AvgIpc) is 2.58. The summed E-state index contributed by atoms with van der Waals surface area (Å²) < 4.78 is 10.9. The van der Waals surface area contributed by atoms with E-state index in [0.717, 1.165) is 0 Å². The highest BCUT2D eigenvalue weighted by Gasteiger charge is 2.34. The summed E-state index contributed by atoms with van der Waals surface area (Å²) in [5, 5.41) is 20.5. The number of nitro benzene ring substituents is 1. The molecule has 0 bridgehead atoms. The molecule has 9 nitrogen and oxygen atoms in total. The molecular weight excluding hydrogens is 342 g/mol. The van der Waals surface area contributed by atoms with Gasteiger partial charge in [0.25, 0.3) is 5.69 Å². The SMILES string of the molecule is COC1CN(c2ccc([N+](=O)[O-])cc2CO)CCN1C(=O)OC(C)(C)C. The molecule has 1 aliphatic rings. The van der Waals surface area contributed by atoms with E-state index < -0.39 is 22.8 Å². The molecule has 0 aromatic heterocycles. The van der Waals surface area contributed by atoms with Gasteiger partial charge >= 0.3 is 6.09 Å². The summed E-state index contributed by atoms with van der Waals surface area (Å²) in [7, 11) is 1.51. The van der Waals surface area contributed by atoms with Crippen LogP contribution in [-0.2, 0) is 16.1 Å². The van der Waals surface area contributed by atoms with Gasteiger partial charge in [-0.1, -0.05) is 0 Å². The van der Waals surface area contributed by atoms with Crippen LogP contribution in [0.3, 0.4) is 0 Å². The molecule has 9 heteroatoms. The monoisotopic (exact) mass is 367 g/mol. The van der Waals surface area contributed by atoms with E-state index in [2.05, 4.69) is 0 Å². The molecule has 1 heterocycles. The van der Waals surface area contributed by atoms with Crippen molar-refractivity contribution in [2.24, 2.45) is 0 Å². The Morgan fingerprint density at radius 2 is 2.08 bits per heavy atom. The third kappa shape index (κ3) is 4.61. The maximum atomic E-state index is 12.4. The second kappa shape index (κ2) is 7.88. The smallest absolute Gasteiger partial charge is 0.412 e. The molecule has 1 aromatic carbocycles. The van der Waals surface area contributed by atoms with Crippen LogP contribution in [0, 0.1) is 10.1 Å². The lowest BCUT2D eigenvalue weighted by Gasteiger charge is -2.42. The normalized spacial score (nSPS) is 18.0. The summed E-state index contributed by atoms with van der Waals surface area (Å²) >= 11 is 0. The fraction of sp³-hybridized carbons (Fsp3) is 0.588. The largest absolute Gasteiger partial charge is 0.444 e. The van der Waals surface area contributed by atoms with Gasteiger partial charge in [0.05, 0.1) is 18.1 Å². The number of rotatable bonds is 4. The van der Waals surface area contributed by atoms with Gasteiger partial charge in [0.2, 0.25) is 0 Å². The summed E-state index contributed by atoms with van der Waals surface area (Å²) in [6, 6.07) is 4.37. The van der Waals surface area contributed by atoms with E-state index in [1.54, 1.807) is 26.8 Å². The van der Waals surface area contributed by atoms with Crippen LogP contribution in [0.5, 0.6) is 0 Å². The number of non-ortho nitro benzene ring substituents is 1. The molecule has 1 N–H and O–H groups in total. The van der Waals surface area contributed by atoms with Crippen LogP contribution >= 0.6 is 0 Å². The second-order valence-electron chi connectivity index (χ2n) is 7.04. The Hall–Kier alpha value is -2.39. The molecule has 1 amide bonds. The molecule has 26 heavy (non-hydrogen) atoms. The van der Waals surface area contributed by atoms with E-state index >= 15 is 0 Å². The number of hydrogen-bond donors (Lipinski definition) is 1. The highest BCUT2D eigenvalue weighted by atomic mass is 16.6. The van der Waals surface area contributed by atoms with E-state index in [-0.39, 0.29) is 12.3 Å². The second-order valence-corrected chi connectivity index (χ2v) is 7.04. The first-order valence-corrected chi connectivity index (χ1v) is 8.32. The fourth-order valence-electron chi connectivity index (χ4n) is 2.82. The standard InChI is InChI=1S/C17H25N3O6/c1-17(2,3)26-16(22)19-8-7-18(10-15(19)25-4)14-6-5-13(20(23)24)9-12(14)11-21/h5-6,9,15,21H,7-8,10-11H2,1-4H3. The van der Waals surface area contributed by atoms with Crippen LogP contribution in [0.15, 0.2) is 18.2 Å². The first kappa shape index (κ1) is 19.9. The van der Waals surface area contributed by atoms with Gasteiger partial charge in [-0.15, -0.1) is 0 Å². The summed E-state index contributed by atoms with van der Waals surface area (Å²) in [4.78, 5) is 26.2. The van der Waals surface area contributed by atoms with Gasteiger partial charge in [0.1, 0.15) is 5.60 Å². The predicted molar refractivity (Wildman–Crippen MR) is 95.0 cm³/mol. The molecular formula is C17H25N3O6. The highest BCUT2D eigenvalue weighted by molar-refractivity contribution is 5.69. The van der Waals surface area contributed by atoms with Gasteiger partial charge in [-0.05, 0) is 26.8 Å². The number of anilines is 1. The number of amides is 1. The molecule has 1 aliphatic heterocycles. The minimum atomic E-state index is -0.602. The van der Waals surface area contributed by atoms with Gasteiger partial charge in [0, 0.05) is 43.6 Å². The Kier molecular flexibility index (Phi) is 6.04. The van der Waals surface area contributed by atoms with Crippen LogP contribution < -0.4 is 4.90 Å². The molecule has 144 valence electrons. The first-order valence-electron chi connectivity index (χ1n) is 8.32. The molecule has 0 radical (unpaired) electrons. The first-order chi connectivity index (χ1) is 12.2. The van der Waals surface area contributed by atoms with Crippen LogP contribution in [-0.4, -0.2) is 59.6 Å². The quantitative estimate of drug-likeness (QED) is 0.642. The molecule has 2 rings (SSSR count). The minimum Gasteiger partial charge on any atom is -0.444 e. The lowest BCUT2D eigenvalue weighted by atomic mass is 10.1. The fourth-order valence-corrected chi connectivity index (χ4v) is 2.82. The lowest BCUT2D eigenvalue weighted by molar-refractivity contribution is -0.384. The van der Waals surface area contributed by atoms with Crippen molar-refractivity contribution in [3.8, 4) is 0 Å². The van der Waals surface area contributed by atoms with Crippen molar-refractivity contribution < 1.29 is 24.3 Å². The highest BCUT2D eigenvalue weighted by Crippen LogP contribution is 2.28. The lowest BCUT2D eigenvalue weighted by Crippen LogP contribution is -2.57. The number of methoxy groups -OCH3 is 1. The molecule has 1 saturated heterocycles. The summed E-state index contributed by atoms with van der Waals surface area (Å²) in [5.41, 5.74) is 0.465. The molecule has 0 saturated carbocycles. The van der Waals surface area contributed by atoms with Crippen LogP contribution in [0.4, 0.5) is 16.2 Å². The number of hydrogen-bond acceptors (Lipinski definition) is 7. The number of piperazine rings is 1. The number of nitro groups is 1. The zero-order chi connectivity index (χ0) is 19.5. The predicted octanol–water partition coefficient (Wildman–Crippen LogP) is 2.12.